The standard InChI is InChI=1S/C15H17BrN4O/c1-10(21)19-4-6-20(7-5-19)15-12-8-11(16)2-3-14(12)18-9-13(15)17/h2-3,8-9H,4-7,17H2,1H3. The molecule has 1 aliphatic heterocycles. The number of carbonyl (C=O) groups excluding carboxylic acids is 1. The van der Waals surface area contributed by atoms with Crippen molar-refractivity contribution in [2.24, 2.45) is 0 Å². The van der Waals surface area contributed by atoms with Crippen molar-refractivity contribution in [3.8, 4) is 0 Å². The quantitative estimate of drug-likeness (QED) is 0.858. The van der Waals surface area contributed by atoms with Crippen LogP contribution in [0.5, 0.6) is 0 Å². The number of fused-ring (bicyclic) bond motifs is 1. The molecule has 0 spiro atoms. The first-order valence-electron chi connectivity index (χ1n) is 6.90. The fourth-order valence-corrected chi connectivity index (χ4v) is 3.13. The van der Waals surface area contributed by atoms with Crippen molar-refractivity contribution in [3.05, 3.63) is 28.9 Å². The van der Waals surface area contributed by atoms with Crippen molar-refractivity contribution < 1.29 is 4.79 Å². The summed E-state index contributed by atoms with van der Waals surface area (Å²) in [7, 11) is 0. The van der Waals surface area contributed by atoms with Gasteiger partial charge in [-0.25, -0.2) is 0 Å². The van der Waals surface area contributed by atoms with Crippen LogP contribution < -0.4 is 10.6 Å². The number of piperazine rings is 1. The maximum atomic E-state index is 11.4. The van der Waals surface area contributed by atoms with E-state index in [1.807, 2.05) is 23.1 Å². The summed E-state index contributed by atoms with van der Waals surface area (Å²) in [5.74, 6) is 0.130. The molecular weight excluding hydrogens is 332 g/mol. The molecule has 2 N–H and O–H groups in total. The Labute approximate surface area is 131 Å². The zero-order valence-electron chi connectivity index (χ0n) is 11.8. The molecule has 0 radical (unpaired) electrons. The molecule has 5 nitrogen and oxygen atoms in total. The first-order valence-corrected chi connectivity index (χ1v) is 7.70. The van der Waals surface area contributed by atoms with E-state index < -0.39 is 0 Å². The molecule has 1 aromatic carbocycles. The maximum absolute atomic E-state index is 11.4. The van der Waals surface area contributed by atoms with Crippen LogP contribution in [0.15, 0.2) is 28.9 Å². The fourth-order valence-electron chi connectivity index (χ4n) is 2.76. The summed E-state index contributed by atoms with van der Waals surface area (Å²) < 4.78 is 1.01. The van der Waals surface area contributed by atoms with Crippen molar-refractivity contribution in [1.82, 2.24) is 9.88 Å². The summed E-state index contributed by atoms with van der Waals surface area (Å²) >= 11 is 3.50. The molecule has 1 aliphatic rings. The number of hydrogen-bond acceptors (Lipinski definition) is 4. The topological polar surface area (TPSA) is 62.5 Å². The molecular formula is C15H17BrN4O. The van der Waals surface area contributed by atoms with Gasteiger partial charge in [-0.05, 0) is 18.2 Å². The van der Waals surface area contributed by atoms with Crippen molar-refractivity contribution in [2.45, 2.75) is 6.92 Å². The number of nitrogens with two attached hydrogens (primary N) is 1. The Hall–Kier alpha value is -1.82. The lowest BCUT2D eigenvalue weighted by molar-refractivity contribution is -0.129. The largest absolute Gasteiger partial charge is 0.396 e. The van der Waals surface area contributed by atoms with E-state index in [4.69, 9.17) is 5.73 Å². The predicted octanol–water partition coefficient (Wildman–Crippen LogP) is 2.25. The van der Waals surface area contributed by atoms with E-state index in [0.29, 0.717) is 5.69 Å². The molecule has 6 heteroatoms. The summed E-state index contributed by atoms with van der Waals surface area (Å²) in [6.45, 7) is 4.65. The molecule has 1 saturated heterocycles. The lowest BCUT2D eigenvalue weighted by Gasteiger charge is -2.36. The van der Waals surface area contributed by atoms with E-state index in [0.717, 1.165) is 47.2 Å². The fraction of sp³-hybridized carbons (Fsp3) is 0.333. The molecule has 2 heterocycles. The number of aromatic nitrogens is 1. The molecule has 0 saturated carbocycles. The molecule has 2 aromatic rings. The second-order valence-electron chi connectivity index (χ2n) is 5.22. The van der Waals surface area contributed by atoms with Crippen LogP contribution in [0.25, 0.3) is 10.9 Å². The molecule has 0 bridgehead atoms. The number of rotatable bonds is 1. The van der Waals surface area contributed by atoms with Gasteiger partial charge in [-0.2, -0.15) is 0 Å². The van der Waals surface area contributed by atoms with Gasteiger partial charge in [-0.15, -0.1) is 0 Å². The van der Waals surface area contributed by atoms with Gasteiger partial charge in [0.25, 0.3) is 0 Å². The van der Waals surface area contributed by atoms with Crippen molar-refractivity contribution >= 4 is 44.1 Å². The molecule has 0 atom stereocenters. The lowest BCUT2D eigenvalue weighted by atomic mass is 10.1. The second kappa shape index (κ2) is 5.52. The zero-order valence-corrected chi connectivity index (χ0v) is 13.4. The lowest BCUT2D eigenvalue weighted by Crippen LogP contribution is -2.48. The normalized spacial score (nSPS) is 15.5. The van der Waals surface area contributed by atoms with Crippen molar-refractivity contribution in [1.29, 1.82) is 0 Å². The minimum absolute atomic E-state index is 0.130. The van der Waals surface area contributed by atoms with E-state index in [9.17, 15) is 4.79 Å². The highest BCUT2D eigenvalue weighted by atomic mass is 79.9. The van der Waals surface area contributed by atoms with Gasteiger partial charge in [-0.1, -0.05) is 15.9 Å². The van der Waals surface area contributed by atoms with Gasteiger partial charge in [0.15, 0.2) is 0 Å². The van der Waals surface area contributed by atoms with Gasteiger partial charge in [0.05, 0.1) is 23.1 Å². The van der Waals surface area contributed by atoms with Crippen LogP contribution in [0, 0.1) is 0 Å². The molecule has 0 unspecified atom stereocenters. The first kappa shape index (κ1) is 14.1. The molecule has 110 valence electrons. The number of pyridine rings is 1. The Morgan fingerprint density at radius 3 is 2.67 bits per heavy atom. The number of carbonyl (C=O) groups is 1. The third kappa shape index (κ3) is 2.68. The summed E-state index contributed by atoms with van der Waals surface area (Å²) in [6.07, 6.45) is 1.71. The molecule has 1 aromatic heterocycles. The summed E-state index contributed by atoms with van der Waals surface area (Å²) in [5.41, 5.74) is 8.78. The number of nitrogens with zero attached hydrogens (tertiary/aromatic N) is 3. The Balaban J connectivity index is 1.99. The highest BCUT2D eigenvalue weighted by Crippen LogP contribution is 2.33. The molecule has 3 rings (SSSR count). The van der Waals surface area contributed by atoms with Crippen LogP contribution in [0.3, 0.4) is 0 Å². The average Bonchev–Trinajstić information content (AvgIpc) is 2.47. The smallest absolute Gasteiger partial charge is 0.219 e. The third-order valence-electron chi connectivity index (χ3n) is 3.87. The zero-order chi connectivity index (χ0) is 15.0. The van der Waals surface area contributed by atoms with Gasteiger partial charge in [0.1, 0.15) is 0 Å². The minimum Gasteiger partial charge on any atom is -0.396 e. The van der Waals surface area contributed by atoms with Crippen LogP contribution >= 0.6 is 15.9 Å². The number of nitrogen functional groups attached to an aromatic ring is 1. The van der Waals surface area contributed by atoms with Gasteiger partial charge < -0.3 is 15.5 Å². The summed E-state index contributed by atoms with van der Waals surface area (Å²) in [4.78, 5) is 19.9. The highest BCUT2D eigenvalue weighted by molar-refractivity contribution is 9.10. The molecule has 1 fully saturated rings. The summed E-state index contributed by atoms with van der Waals surface area (Å²) in [5, 5.41) is 1.04. The Bertz CT molecular complexity index is 690. The van der Waals surface area contributed by atoms with E-state index >= 15 is 0 Å². The summed E-state index contributed by atoms with van der Waals surface area (Å²) in [6, 6.07) is 6.00. The van der Waals surface area contributed by atoms with Gasteiger partial charge in [0, 0.05) is 43.0 Å². The molecule has 21 heavy (non-hydrogen) atoms. The average molecular weight is 349 g/mol. The van der Waals surface area contributed by atoms with Gasteiger partial charge in [-0.3, -0.25) is 9.78 Å². The van der Waals surface area contributed by atoms with Gasteiger partial charge >= 0.3 is 0 Å². The van der Waals surface area contributed by atoms with Crippen molar-refractivity contribution in [3.63, 3.8) is 0 Å². The van der Waals surface area contributed by atoms with E-state index in [1.165, 1.54) is 0 Å². The predicted molar refractivity (Wildman–Crippen MR) is 88.3 cm³/mol. The number of benzene rings is 1. The van der Waals surface area contributed by atoms with Gasteiger partial charge in [0.2, 0.25) is 5.91 Å². The minimum atomic E-state index is 0.130. The number of anilines is 2. The van der Waals surface area contributed by atoms with E-state index in [2.05, 4.69) is 25.8 Å². The van der Waals surface area contributed by atoms with Crippen LogP contribution in [-0.2, 0) is 4.79 Å². The Morgan fingerprint density at radius 2 is 2.00 bits per heavy atom. The Kier molecular flexibility index (Phi) is 3.71. The van der Waals surface area contributed by atoms with Crippen LogP contribution in [0.2, 0.25) is 0 Å². The number of amides is 1. The van der Waals surface area contributed by atoms with Crippen LogP contribution in [-0.4, -0.2) is 42.0 Å². The molecule has 1 amide bonds. The van der Waals surface area contributed by atoms with Crippen LogP contribution in [0.1, 0.15) is 6.92 Å². The number of hydrogen-bond donors (Lipinski definition) is 1. The van der Waals surface area contributed by atoms with Crippen molar-refractivity contribution in [2.75, 3.05) is 36.8 Å². The van der Waals surface area contributed by atoms with Crippen LogP contribution in [0.4, 0.5) is 11.4 Å². The highest BCUT2D eigenvalue weighted by Gasteiger charge is 2.22. The SMILES string of the molecule is CC(=O)N1CCN(c2c(N)cnc3ccc(Br)cc23)CC1. The van der Waals surface area contributed by atoms with E-state index in [1.54, 1.807) is 13.1 Å². The number of halogens is 1. The first-order chi connectivity index (χ1) is 10.1. The monoisotopic (exact) mass is 348 g/mol. The maximum Gasteiger partial charge on any atom is 0.219 e. The molecule has 0 aliphatic carbocycles. The second-order valence-corrected chi connectivity index (χ2v) is 6.13. The Morgan fingerprint density at radius 1 is 1.29 bits per heavy atom. The third-order valence-corrected chi connectivity index (χ3v) is 4.36. The van der Waals surface area contributed by atoms with E-state index in [-0.39, 0.29) is 5.91 Å².